The van der Waals surface area contributed by atoms with E-state index in [1.807, 2.05) is 41.5 Å². The summed E-state index contributed by atoms with van der Waals surface area (Å²) >= 11 is 0. The van der Waals surface area contributed by atoms with Crippen LogP contribution in [0, 0.1) is 11.8 Å². The average molecular weight is 356 g/mol. The van der Waals surface area contributed by atoms with Crippen LogP contribution in [-0.4, -0.2) is 72.6 Å². The van der Waals surface area contributed by atoms with Gasteiger partial charge in [-0.15, -0.1) is 0 Å². The van der Waals surface area contributed by atoms with Crippen molar-refractivity contribution in [3.05, 3.63) is 0 Å². The predicted molar refractivity (Wildman–Crippen MR) is 93.4 cm³/mol. The molecule has 2 fully saturated rings. The molecule has 144 valence electrons. The van der Waals surface area contributed by atoms with Gasteiger partial charge < -0.3 is 24.0 Å². The Bertz CT molecular complexity index is 439. The molecule has 7 heteroatoms. The molecule has 2 amide bonds. The van der Waals surface area contributed by atoms with E-state index in [2.05, 4.69) is 0 Å². The molecule has 2 rings (SSSR count). The minimum atomic E-state index is -0.455. The van der Waals surface area contributed by atoms with Gasteiger partial charge in [-0.05, 0) is 41.5 Å². The number of carbonyl (C=O) groups is 2. The fourth-order valence-electron chi connectivity index (χ4n) is 2.70. The maximum absolute atomic E-state index is 11.8. The number of hydrogen-bond acceptors (Lipinski definition) is 5. The lowest BCUT2D eigenvalue weighted by Gasteiger charge is -2.41. The predicted octanol–water partition coefficient (Wildman–Crippen LogP) is 2.74. The van der Waals surface area contributed by atoms with E-state index in [0.717, 1.165) is 0 Å². The zero-order valence-electron chi connectivity index (χ0n) is 16.3. The van der Waals surface area contributed by atoms with Gasteiger partial charge in [-0.25, -0.2) is 9.59 Å². The van der Waals surface area contributed by atoms with Crippen LogP contribution >= 0.6 is 0 Å². The highest BCUT2D eigenvalue weighted by molar-refractivity contribution is 5.69. The van der Waals surface area contributed by atoms with Gasteiger partial charge in [0.1, 0.15) is 11.2 Å². The Morgan fingerprint density at radius 2 is 1.08 bits per heavy atom. The first-order valence-corrected chi connectivity index (χ1v) is 8.96. The molecule has 2 aliphatic rings. The molecule has 2 heterocycles. The van der Waals surface area contributed by atoms with Crippen LogP contribution in [0.1, 0.15) is 41.5 Å². The number of hydrogen-bond donors (Lipinski definition) is 0. The van der Waals surface area contributed by atoms with Crippen molar-refractivity contribution in [2.75, 3.05) is 39.4 Å². The molecular formula is C18H32N2O5. The second kappa shape index (κ2) is 7.40. The van der Waals surface area contributed by atoms with Gasteiger partial charge in [0.2, 0.25) is 0 Å². The Kier molecular flexibility index (Phi) is 5.86. The van der Waals surface area contributed by atoms with Crippen LogP contribution in [0.5, 0.6) is 0 Å². The van der Waals surface area contributed by atoms with E-state index in [-0.39, 0.29) is 12.2 Å². The first-order valence-electron chi connectivity index (χ1n) is 8.96. The standard InChI is InChI=1S/C18H32N2O5/c1-17(2,3)24-15(21)19-7-13(8-19)11-23-12-14-9-20(10-14)16(22)25-18(4,5)6/h13-14H,7-12H2,1-6H3. The SMILES string of the molecule is CC(C)(C)OC(=O)N1CC(COCC2CN(C(=O)OC(C)(C)C)C2)C1. The summed E-state index contributed by atoms with van der Waals surface area (Å²) in [4.78, 5) is 27.1. The summed E-state index contributed by atoms with van der Waals surface area (Å²) in [5.41, 5.74) is -0.911. The van der Waals surface area contributed by atoms with Crippen LogP contribution in [0.3, 0.4) is 0 Å². The van der Waals surface area contributed by atoms with Gasteiger partial charge in [0.25, 0.3) is 0 Å². The van der Waals surface area contributed by atoms with Crippen LogP contribution in [0.25, 0.3) is 0 Å². The summed E-state index contributed by atoms with van der Waals surface area (Å²) in [5, 5.41) is 0. The summed E-state index contributed by atoms with van der Waals surface area (Å²) in [6, 6.07) is 0. The molecule has 0 radical (unpaired) electrons. The van der Waals surface area contributed by atoms with Crippen LogP contribution < -0.4 is 0 Å². The summed E-state index contributed by atoms with van der Waals surface area (Å²) < 4.78 is 16.4. The highest BCUT2D eigenvalue weighted by Gasteiger charge is 2.36. The quantitative estimate of drug-likeness (QED) is 0.775. The number of rotatable bonds is 4. The molecule has 0 spiro atoms. The van der Waals surface area contributed by atoms with Crippen LogP contribution in [0.2, 0.25) is 0 Å². The van der Waals surface area contributed by atoms with Crippen molar-refractivity contribution in [2.45, 2.75) is 52.7 Å². The smallest absolute Gasteiger partial charge is 0.410 e. The average Bonchev–Trinajstić information content (AvgIpc) is 2.28. The zero-order chi connectivity index (χ0) is 18.8. The Morgan fingerprint density at radius 3 is 1.36 bits per heavy atom. The fraction of sp³-hybridized carbons (Fsp3) is 0.889. The van der Waals surface area contributed by atoms with E-state index >= 15 is 0 Å². The highest BCUT2D eigenvalue weighted by Crippen LogP contribution is 2.22. The minimum absolute atomic E-state index is 0.254. The van der Waals surface area contributed by atoms with Gasteiger partial charge in [0.05, 0.1) is 13.2 Å². The van der Waals surface area contributed by atoms with Gasteiger partial charge in [-0.2, -0.15) is 0 Å². The Hall–Kier alpha value is -1.50. The number of likely N-dealkylation sites (tertiary alicyclic amines) is 2. The van der Waals surface area contributed by atoms with Gasteiger partial charge in [-0.3, -0.25) is 0 Å². The Labute approximate surface area is 150 Å². The van der Waals surface area contributed by atoms with E-state index in [0.29, 0.717) is 51.2 Å². The number of nitrogens with zero attached hydrogens (tertiary/aromatic N) is 2. The van der Waals surface area contributed by atoms with Crippen LogP contribution in [-0.2, 0) is 14.2 Å². The van der Waals surface area contributed by atoms with Crippen molar-refractivity contribution in [1.29, 1.82) is 0 Å². The molecule has 0 saturated carbocycles. The molecule has 0 aromatic carbocycles. The first-order chi connectivity index (χ1) is 11.4. The lowest BCUT2D eigenvalue weighted by atomic mass is 10.0. The van der Waals surface area contributed by atoms with Gasteiger partial charge in [0, 0.05) is 38.0 Å². The monoisotopic (exact) mass is 356 g/mol. The van der Waals surface area contributed by atoms with E-state index in [9.17, 15) is 9.59 Å². The Morgan fingerprint density at radius 1 is 0.760 bits per heavy atom. The van der Waals surface area contributed by atoms with Gasteiger partial charge in [-0.1, -0.05) is 0 Å². The first kappa shape index (κ1) is 19.8. The molecule has 2 aliphatic heterocycles. The summed E-state index contributed by atoms with van der Waals surface area (Å²) in [6.07, 6.45) is -0.508. The third kappa shape index (κ3) is 6.38. The zero-order valence-corrected chi connectivity index (χ0v) is 16.3. The van der Waals surface area contributed by atoms with Crippen molar-refractivity contribution >= 4 is 12.2 Å². The topological polar surface area (TPSA) is 68.3 Å². The van der Waals surface area contributed by atoms with Crippen molar-refractivity contribution in [3.63, 3.8) is 0 Å². The van der Waals surface area contributed by atoms with E-state index in [4.69, 9.17) is 14.2 Å². The lowest BCUT2D eigenvalue weighted by molar-refractivity contribution is -0.0428. The summed E-state index contributed by atoms with van der Waals surface area (Å²) in [6.45, 7) is 15.2. The van der Waals surface area contributed by atoms with Crippen LogP contribution in [0.4, 0.5) is 9.59 Å². The molecule has 0 N–H and O–H groups in total. The van der Waals surface area contributed by atoms with Crippen LogP contribution in [0.15, 0.2) is 0 Å². The number of ether oxygens (including phenoxy) is 3. The molecule has 0 aromatic heterocycles. The van der Waals surface area contributed by atoms with Crippen molar-refractivity contribution in [2.24, 2.45) is 11.8 Å². The summed E-state index contributed by atoms with van der Waals surface area (Å²) in [7, 11) is 0. The molecule has 0 aromatic rings. The van der Waals surface area contributed by atoms with Crippen molar-refractivity contribution in [1.82, 2.24) is 9.80 Å². The molecule has 25 heavy (non-hydrogen) atoms. The molecule has 7 nitrogen and oxygen atoms in total. The molecule has 2 saturated heterocycles. The van der Waals surface area contributed by atoms with Crippen molar-refractivity contribution < 1.29 is 23.8 Å². The third-order valence-corrected chi connectivity index (χ3v) is 3.92. The fourth-order valence-corrected chi connectivity index (χ4v) is 2.70. The largest absolute Gasteiger partial charge is 0.444 e. The molecule has 0 unspecified atom stereocenters. The molecule has 0 bridgehead atoms. The maximum Gasteiger partial charge on any atom is 0.410 e. The van der Waals surface area contributed by atoms with E-state index in [1.54, 1.807) is 9.80 Å². The second-order valence-electron chi connectivity index (χ2n) is 9.04. The van der Waals surface area contributed by atoms with E-state index < -0.39 is 11.2 Å². The molecule has 0 atom stereocenters. The normalized spacial score (nSPS) is 19.3. The maximum atomic E-state index is 11.8. The molecular weight excluding hydrogens is 324 g/mol. The minimum Gasteiger partial charge on any atom is -0.444 e. The second-order valence-corrected chi connectivity index (χ2v) is 9.04. The highest BCUT2D eigenvalue weighted by atomic mass is 16.6. The third-order valence-electron chi connectivity index (χ3n) is 3.92. The lowest BCUT2D eigenvalue weighted by Crippen LogP contribution is -2.54. The van der Waals surface area contributed by atoms with E-state index in [1.165, 1.54) is 0 Å². The molecule has 0 aliphatic carbocycles. The summed E-state index contributed by atoms with van der Waals surface area (Å²) in [5.74, 6) is 0.740. The number of carbonyl (C=O) groups excluding carboxylic acids is 2. The number of amides is 2. The van der Waals surface area contributed by atoms with Gasteiger partial charge in [0.15, 0.2) is 0 Å². The van der Waals surface area contributed by atoms with Crippen molar-refractivity contribution in [3.8, 4) is 0 Å². The van der Waals surface area contributed by atoms with Gasteiger partial charge >= 0.3 is 12.2 Å². The Balaban J connectivity index is 1.52.